The minimum Gasteiger partial charge on any atom is -0.341 e. The maximum Gasteiger partial charge on any atom is 0.225 e. The van der Waals surface area contributed by atoms with Crippen LogP contribution in [-0.4, -0.2) is 41.9 Å². The van der Waals surface area contributed by atoms with Crippen molar-refractivity contribution in [3.63, 3.8) is 0 Å². The quantitative estimate of drug-likeness (QED) is 0.829. The maximum atomic E-state index is 12.1. The highest BCUT2D eigenvalue weighted by atomic mass is 16.2. The van der Waals surface area contributed by atoms with Gasteiger partial charge in [0.2, 0.25) is 5.91 Å². The van der Waals surface area contributed by atoms with E-state index in [1.807, 2.05) is 0 Å². The summed E-state index contributed by atoms with van der Waals surface area (Å²) in [6, 6.07) is 10.6. The number of amides is 1. The van der Waals surface area contributed by atoms with Crippen LogP contribution < -0.4 is 0 Å². The summed E-state index contributed by atoms with van der Waals surface area (Å²) in [6.07, 6.45) is 3.33. The lowest BCUT2D eigenvalue weighted by Crippen LogP contribution is -2.35. The van der Waals surface area contributed by atoms with Crippen molar-refractivity contribution in [2.45, 2.75) is 25.8 Å². The van der Waals surface area contributed by atoms with Gasteiger partial charge in [0.25, 0.3) is 0 Å². The summed E-state index contributed by atoms with van der Waals surface area (Å²) in [5.74, 6) is 0.766. The fourth-order valence-corrected chi connectivity index (χ4v) is 2.78. The van der Waals surface area contributed by atoms with Gasteiger partial charge in [0.15, 0.2) is 0 Å². The molecule has 0 unspecified atom stereocenters. The van der Waals surface area contributed by atoms with E-state index in [9.17, 15) is 4.79 Å². The minimum atomic E-state index is 0.362. The molecule has 1 aromatic rings. The van der Waals surface area contributed by atoms with Crippen molar-refractivity contribution in [2.75, 3.05) is 26.2 Å². The molecular weight excluding hydrogens is 236 g/mol. The van der Waals surface area contributed by atoms with E-state index in [1.54, 1.807) is 0 Å². The van der Waals surface area contributed by atoms with Crippen molar-refractivity contribution < 1.29 is 4.79 Å². The molecule has 102 valence electrons. The Balaban J connectivity index is 1.54. The second kappa shape index (κ2) is 5.74. The highest BCUT2D eigenvalue weighted by molar-refractivity contribution is 5.81. The molecule has 3 rings (SSSR count). The molecule has 0 spiro atoms. The second-order valence-corrected chi connectivity index (χ2v) is 5.71. The van der Waals surface area contributed by atoms with Crippen LogP contribution in [0.5, 0.6) is 0 Å². The number of carbonyl (C=O) groups is 1. The van der Waals surface area contributed by atoms with E-state index < -0.39 is 0 Å². The molecule has 1 aliphatic carbocycles. The fraction of sp³-hybridized carbons (Fsp3) is 0.562. The molecule has 19 heavy (non-hydrogen) atoms. The average Bonchev–Trinajstić information content (AvgIpc) is 3.27. The van der Waals surface area contributed by atoms with Gasteiger partial charge in [-0.05, 0) is 24.8 Å². The van der Waals surface area contributed by atoms with Crippen molar-refractivity contribution in [1.82, 2.24) is 9.80 Å². The Hall–Kier alpha value is -1.35. The molecule has 1 amide bonds. The molecule has 3 nitrogen and oxygen atoms in total. The number of benzene rings is 1. The van der Waals surface area contributed by atoms with E-state index >= 15 is 0 Å². The van der Waals surface area contributed by atoms with E-state index in [1.165, 1.54) is 5.56 Å². The van der Waals surface area contributed by atoms with Gasteiger partial charge in [0, 0.05) is 38.6 Å². The zero-order valence-electron chi connectivity index (χ0n) is 11.4. The van der Waals surface area contributed by atoms with Crippen LogP contribution in [0.1, 0.15) is 24.8 Å². The third-order valence-corrected chi connectivity index (χ3v) is 4.08. The lowest BCUT2D eigenvalue weighted by atomic mass is 10.2. The van der Waals surface area contributed by atoms with Crippen LogP contribution in [0.3, 0.4) is 0 Å². The van der Waals surface area contributed by atoms with Crippen LogP contribution in [0.4, 0.5) is 0 Å². The largest absolute Gasteiger partial charge is 0.341 e. The molecular formula is C16H22N2O. The van der Waals surface area contributed by atoms with Gasteiger partial charge in [-0.25, -0.2) is 0 Å². The van der Waals surface area contributed by atoms with Crippen molar-refractivity contribution in [1.29, 1.82) is 0 Å². The molecule has 1 saturated carbocycles. The minimum absolute atomic E-state index is 0.362. The van der Waals surface area contributed by atoms with Gasteiger partial charge in [-0.1, -0.05) is 30.3 Å². The molecule has 1 aromatic carbocycles. The number of rotatable bonds is 3. The predicted octanol–water partition coefficient (Wildman–Crippen LogP) is 2.13. The first-order valence-electron chi connectivity index (χ1n) is 7.38. The van der Waals surface area contributed by atoms with Crippen LogP contribution >= 0.6 is 0 Å². The molecule has 2 fully saturated rings. The molecule has 0 aromatic heterocycles. The van der Waals surface area contributed by atoms with Crippen molar-refractivity contribution in [3.05, 3.63) is 35.9 Å². The summed E-state index contributed by atoms with van der Waals surface area (Å²) in [5, 5.41) is 0. The van der Waals surface area contributed by atoms with Gasteiger partial charge in [-0.3, -0.25) is 9.69 Å². The van der Waals surface area contributed by atoms with E-state index in [4.69, 9.17) is 0 Å². The lowest BCUT2D eigenvalue weighted by Gasteiger charge is -2.22. The van der Waals surface area contributed by atoms with Gasteiger partial charge in [-0.2, -0.15) is 0 Å². The van der Waals surface area contributed by atoms with E-state index in [2.05, 4.69) is 40.1 Å². The number of hydrogen-bond acceptors (Lipinski definition) is 2. The normalized spacial score (nSPS) is 21.2. The van der Waals surface area contributed by atoms with Crippen molar-refractivity contribution in [2.24, 2.45) is 5.92 Å². The summed E-state index contributed by atoms with van der Waals surface area (Å²) in [4.78, 5) is 16.6. The summed E-state index contributed by atoms with van der Waals surface area (Å²) in [7, 11) is 0. The fourth-order valence-electron chi connectivity index (χ4n) is 2.78. The molecule has 0 bridgehead atoms. The maximum absolute atomic E-state index is 12.1. The van der Waals surface area contributed by atoms with Crippen LogP contribution in [0.15, 0.2) is 30.3 Å². The Bertz CT molecular complexity index is 428. The Morgan fingerprint density at radius 3 is 2.58 bits per heavy atom. The standard InChI is InChI=1S/C16H22N2O/c19-16(15-7-8-15)18-10-4-9-17(11-12-18)13-14-5-2-1-3-6-14/h1-3,5-6,15H,4,7-13H2. The first kappa shape index (κ1) is 12.7. The summed E-state index contributed by atoms with van der Waals surface area (Å²) in [6.45, 7) is 4.96. The van der Waals surface area contributed by atoms with Gasteiger partial charge >= 0.3 is 0 Å². The Labute approximate surface area is 115 Å². The van der Waals surface area contributed by atoms with Crippen LogP contribution in [0.25, 0.3) is 0 Å². The predicted molar refractivity (Wildman–Crippen MR) is 75.6 cm³/mol. The van der Waals surface area contributed by atoms with Crippen LogP contribution in [0.2, 0.25) is 0 Å². The van der Waals surface area contributed by atoms with Crippen molar-refractivity contribution in [3.8, 4) is 0 Å². The van der Waals surface area contributed by atoms with Gasteiger partial charge < -0.3 is 4.90 Å². The monoisotopic (exact) mass is 258 g/mol. The highest BCUT2D eigenvalue weighted by Gasteiger charge is 2.33. The third-order valence-electron chi connectivity index (χ3n) is 4.08. The van der Waals surface area contributed by atoms with E-state index in [-0.39, 0.29) is 0 Å². The number of nitrogens with zero attached hydrogens (tertiary/aromatic N) is 2. The van der Waals surface area contributed by atoms with Crippen molar-refractivity contribution >= 4 is 5.91 Å². The summed E-state index contributed by atoms with van der Waals surface area (Å²) < 4.78 is 0. The first-order chi connectivity index (χ1) is 9.33. The van der Waals surface area contributed by atoms with Gasteiger partial charge in [0.1, 0.15) is 0 Å². The average molecular weight is 258 g/mol. The van der Waals surface area contributed by atoms with Crippen LogP contribution in [0, 0.1) is 5.92 Å². The van der Waals surface area contributed by atoms with Gasteiger partial charge in [0.05, 0.1) is 0 Å². The molecule has 3 heteroatoms. The smallest absolute Gasteiger partial charge is 0.225 e. The SMILES string of the molecule is O=C(C1CC1)N1CCCN(Cc2ccccc2)CC1. The Morgan fingerprint density at radius 2 is 1.84 bits per heavy atom. The molecule has 2 aliphatic rings. The third kappa shape index (κ3) is 3.35. The van der Waals surface area contributed by atoms with Gasteiger partial charge in [-0.15, -0.1) is 0 Å². The highest BCUT2D eigenvalue weighted by Crippen LogP contribution is 2.31. The van der Waals surface area contributed by atoms with Crippen LogP contribution in [-0.2, 0) is 11.3 Å². The van der Waals surface area contributed by atoms with E-state index in [0.717, 1.165) is 52.0 Å². The Kier molecular flexibility index (Phi) is 3.83. The zero-order chi connectivity index (χ0) is 13.1. The second-order valence-electron chi connectivity index (χ2n) is 5.71. The molecule has 1 aliphatic heterocycles. The molecule has 1 heterocycles. The van der Waals surface area contributed by atoms with E-state index in [0.29, 0.717) is 11.8 Å². The first-order valence-corrected chi connectivity index (χ1v) is 7.38. The number of hydrogen-bond donors (Lipinski definition) is 0. The number of carbonyl (C=O) groups excluding carboxylic acids is 1. The summed E-state index contributed by atoms with van der Waals surface area (Å²) >= 11 is 0. The topological polar surface area (TPSA) is 23.6 Å². The lowest BCUT2D eigenvalue weighted by molar-refractivity contribution is -0.132. The molecule has 0 N–H and O–H groups in total. The molecule has 0 atom stereocenters. The summed E-state index contributed by atoms with van der Waals surface area (Å²) in [5.41, 5.74) is 1.37. The molecule has 0 radical (unpaired) electrons. The Morgan fingerprint density at radius 1 is 1.05 bits per heavy atom. The zero-order valence-corrected chi connectivity index (χ0v) is 11.4. The molecule has 1 saturated heterocycles.